The van der Waals surface area contributed by atoms with Crippen LogP contribution in [-0.2, 0) is 13.1 Å². The third-order valence-corrected chi connectivity index (χ3v) is 3.90. The van der Waals surface area contributed by atoms with Crippen LogP contribution in [0.15, 0.2) is 18.2 Å². The third kappa shape index (κ3) is 2.23. The number of anilines is 1. The average molecular weight is 247 g/mol. The number of benzene rings is 1. The number of aliphatic hydroxyl groups excluding tert-OH is 1. The first-order chi connectivity index (χ1) is 8.88. The van der Waals surface area contributed by atoms with Crippen LogP contribution >= 0.6 is 0 Å². The van der Waals surface area contributed by atoms with Crippen molar-refractivity contribution in [1.29, 1.82) is 0 Å². The monoisotopic (exact) mass is 247 g/mol. The molecule has 2 aliphatic heterocycles. The van der Waals surface area contributed by atoms with Gasteiger partial charge in [-0.2, -0.15) is 0 Å². The fourth-order valence-electron chi connectivity index (χ4n) is 2.97. The predicted octanol–water partition coefficient (Wildman–Crippen LogP) is 0.404. The van der Waals surface area contributed by atoms with Crippen LogP contribution in [0.2, 0.25) is 0 Å². The Morgan fingerprint density at radius 1 is 1.17 bits per heavy atom. The molecule has 4 nitrogen and oxygen atoms in total. The first-order valence-electron chi connectivity index (χ1n) is 6.78. The van der Waals surface area contributed by atoms with Gasteiger partial charge in [0.15, 0.2) is 0 Å². The topological polar surface area (TPSA) is 38.7 Å². The summed E-state index contributed by atoms with van der Waals surface area (Å²) in [5.41, 5.74) is 4.29. The second kappa shape index (κ2) is 5.26. The lowest BCUT2D eigenvalue weighted by Gasteiger charge is -2.31. The number of nitrogens with zero attached hydrogens (tertiary/aromatic N) is 2. The highest BCUT2D eigenvalue weighted by molar-refractivity contribution is 5.58. The van der Waals surface area contributed by atoms with E-state index in [4.69, 9.17) is 5.11 Å². The van der Waals surface area contributed by atoms with Crippen LogP contribution in [-0.4, -0.2) is 49.3 Å². The molecule has 2 heterocycles. The lowest BCUT2D eigenvalue weighted by molar-refractivity contribution is 0.198. The second-order valence-corrected chi connectivity index (χ2v) is 5.09. The molecule has 18 heavy (non-hydrogen) atoms. The maximum atomic E-state index is 9.06. The summed E-state index contributed by atoms with van der Waals surface area (Å²) in [4.78, 5) is 4.80. The molecule has 1 fully saturated rings. The first kappa shape index (κ1) is 12.0. The van der Waals surface area contributed by atoms with E-state index in [0.717, 1.165) is 45.8 Å². The van der Waals surface area contributed by atoms with Crippen molar-refractivity contribution in [3.8, 4) is 0 Å². The van der Waals surface area contributed by atoms with Gasteiger partial charge < -0.3 is 15.3 Å². The zero-order chi connectivity index (χ0) is 12.4. The van der Waals surface area contributed by atoms with Crippen LogP contribution in [0.3, 0.4) is 0 Å². The van der Waals surface area contributed by atoms with Gasteiger partial charge in [0.1, 0.15) is 0 Å². The van der Waals surface area contributed by atoms with E-state index in [1.165, 1.54) is 16.8 Å². The van der Waals surface area contributed by atoms with Gasteiger partial charge in [-0.25, -0.2) is 0 Å². The molecule has 0 unspecified atom stereocenters. The number of hydrogen-bond acceptors (Lipinski definition) is 4. The molecule has 0 spiro atoms. The first-order valence-corrected chi connectivity index (χ1v) is 6.78. The maximum absolute atomic E-state index is 9.06. The number of aliphatic hydroxyl groups is 1. The summed E-state index contributed by atoms with van der Waals surface area (Å²) in [6, 6.07) is 6.63. The standard InChI is InChI=1S/C14H21N3O/c18-9-8-16-10-12-2-1-3-14(13(12)11-16)17-6-4-15-5-7-17/h1-3,15,18H,4-11H2. The van der Waals surface area contributed by atoms with Gasteiger partial charge in [-0.05, 0) is 17.2 Å². The van der Waals surface area contributed by atoms with Crippen molar-refractivity contribution >= 4 is 5.69 Å². The Hall–Kier alpha value is -1.10. The Kier molecular flexibility index (Phi) is 3.50. The Bertz CT molecular complexity index is 416. The summed E-state index contributed by atoms with van der Waals surface area (Å²) in [6.07, 6.45) is 0. The molecule has 98 valence electrons. The number of rotatable bonds is 3. The molecule has 2 aliphatic rings. The minimum absolute atomic E-state index is 0.247. The van der Waals surface area contributed by atoms with Crippen LogP contribution in [0, 0.1) is 0 Å². The van der Waals surface area contributed by atoms with Crippen LogP contribution in [0.1, 0.15) is 11.1 Å². The van der Waals surface area contributed by atoms with Crippen molar-refractivity contribution in [1.82, 2.24) is 10.2 Å². The highest BCUT2D eigenvalue weighted by Gasteiger charge is 2.23. The molecule has 0 radical (unpaired) electrons. The molecule has 0 bridgehead atoms. The Morgan fingerprint density at radius 2 is 2.00 bits per heavy atom. The lowest BCUT2D eigenvalue weighted by atomic mass is 10.1. The molecular formula is C14H21N3O. The number of nitrogens with one attached hydrogen (secondary N) is 1. The molecule has 0 amide bonds. The van der Waals surface area contributed by atoms with Gasteiger partial charge in [0, 0.05) is 51.5 Å². The maximum Gasteiger partial charge on any atom is 0.0558 e. The van der Waals surface area contributed by atoms with Gasteiger partial charge in [0.25, 0.3) is 0 Å². The minimum atomic E-state index is 0.247. The molecule has 0 aliphatic carbocycles. The van der Waals surface area contributed by atoms with E-state index in [0.29, 0.717) is 0 Å². The second-order valence-electron chi connectivity index (χ2n) is 5.09. The van der Waals surface area contributed by atoms with Crippen molar-refractivity contribution in [3.05, 3.63) is 29.3 Å². The molecule has 4 heteroatoms. The van der Waals surface area contributed by atoms with Crippen molar-refractivity contribution < 1.29 is 5.11 Å². The van der Waals surface area contributed by atoms with Crippen LogP contribution in [0.4, 0.5) is 5.69 Å². The normalized spacial score (nSPS) is 20.2. The molecule has 0 saturated carbocycles. The molecular weight excluding hydrogens is 226 g/mol. The molecule has 2 N–H and O–H groups in total. The summed E-state index contributed by atoms with van der Waals surface area (Å²) in [5, 5.41) is 12.5. The highest BCUT2D eigenvalue weighted by Crippen LogP contribution is 2.31. The quantitative estimate of drug-likeness (QED) is 0.811. The molecule has 1 saturated heterocycles. The fourth-order valence-corrected chi connectivity index (χ4v) is 2.97. The summed E-state index contributed by atoms with van der Waals surface area (Å²) in [5.74, 6) is 0. The highest BCUT2D eigenvalue weighted by atomic mass is 16.3. The average Bonchev–Trinajstić information content (AvgIpc) is 2.82. The number of piperazine rings is 1. The van der Waals surface area contributed by atoms with E-state index >= 15 is 0 Å². The van der Waals surface area contributed by atoms with Crippen LogP contribution < -0.4 is 10.2 Å². The van der Waals surface area contributed by atoms with E-state index in [1.807, 2.05) is 0 Å². The van der Waals surface area contributed by atoms with Gasteiger partial charge >= 0.3 is 0 Å². The Balaban J connectivity index is 1.83. The van der Waals surface area contributed by atoms with Gasteiger partial charge in [-0.15, -0.1) is 0 Å². The number of β-amino-alcohol motifs (C(OH)–C–C–N with tert-alkyl or cyclic N) is 1. The van der Waals surface area contributed by atoms with Crippen molar-refractivity contribution in [2.45, 2.75) is 13.1 Å². The summed E-state index contributed by atoms with van der Waals surface area (Å²) in [7, 11) is 0. The van der Waals surface area contributed by atoms with Crippen LogP contribution in [0.25, 0.3) is 0 Å². The van der Waals surface area contributed by atoms with Crippen molar-refractivity contribution in [2.24, 2.45) is 0 Å². The zero-order valence-electron chi connectivity index (χ0n) is 10.7. The van der Waals surface area contributed by atoms with E-state index in [2.05, 4.69) is 33.3 Å². The third-order valence-electron chi connectivity index (χ3n) is 3.90. The predicted molar refractivity (Wildman–Crippen MR) is 72.7 cm³/mol. The molecule has 1 aromatic carbocycles. The SMILES string of the molecule is OCCN1Cc2cccc(N3CCNCC3)c2C1. The van der Waals surface area contributed by atoms with Gasteiger partial charge in [0.05, 0.1) is 6.61 Å². The molecule has 3 rings (SSSR count). The summed E-state index contributed by atoms with van der Waals surface area (Å²) < 4.78 is 0. The fraction of sp³-hybridized carbons (Fsp3) is 0.571. The summed E-state index contributed by atoms with van der Waals surface area (Å²) >= 11 is 0. The van der Waals surface area contributed by atoms with Gasteiger partial charge in [-0.3, -0.25) is 4.90 Å². The largest absolute Gasteiger partial charge is 0.395 e. The Morgan fingerprint density at radius 3 is 2.78 bits per heavy atom. The Labute approximate surface area is 108 Å². The van der Waals surface area contributed by atoms with Crippen molar-refractivity contribution in [2.75, 3.05) is 44.2 Å². The van der Waals surface area contributed by atoms with Crippen LogP contribution in [0.5, 0.6) is 0 Å². The summed E-state index contributed by atoms with van der Waals surface area (Å²) in [6.45, 7) is 7.32. The number of hydrogen-bond donors (Lipinski definition) is 2. The molecule has 1 aromatic rings. The van der Waals surface area contributed by atoms with E-state index < -0.39 is 0 Å². The van der Waals surface area contributed by atoms with Gasteiger partial charge in [0.2, 0.25) is 0 Å². The van der Waals surface area contributed by atoms with Gasteiger partial charge in [-0.1, -0.05) is 12.1 Å². The van der Waals surface area contributed by atoms with E-state index in [-0.39, 0.29) is 6.61 Å². The zero-order valence-corrected chi connectivity index (χ0v) is 10.7. The van der Waals surface area contributed by atoms with E-state index in [9.17, 15) is 0 Å². The number of fused-ring (bicyclic) bond motifs is 1. The molecule has 0 atom stereocenters. The molecule has 0 aromatic heterocycles. The van der Waals surface area contributed by atoms with E-state index in [1.54, 1.807) is 0 Å². The smallest absolute Gasteiger partial charge is 0.0558 e. The van der Waals surface area contributed by atoms with Crippen molar-refractivity contribution in [3.63, 3.8) is 0 Å². The lowest BCUT2D eigenvalue weighted by Crippen LogP contribution is -2.43. The minimum Gasteiger partial charge on any atom is -0.395 e.